The minimum absolute atomic E-state index is 0.257. The topological polar surface area (TPSA) is 45.3 Å². The Hall–Kier alpha value is -2.79. The number of carbonyl (C=O) groups excluding carboxylic acids is 1. The maximum atomic E-state index is 13.0. The first-order valence-corrected chi connectivity index (χ1v) is 11.2. The first kappa shape index (κ1) is 21.1. The SMILES string of the molecule is COC(=O)[C@@H]1Cc2c([nH]c3ccccc23)[C@@H](c2ccc(Cl)cc2Cl)N1Cc1ccccc1. The number of benzene rings is 3. The summed E-state index contributed by atoms with van der Waals surface area (Å²) in [6, 6.07) is 23.1. The zero-order valence-corrected chi connectivity index (χ0v) is 19.0. The molecule has 2 heterocycles. The van der Waals surface area contributed by atoms with Gasteiger partial charge in [-0.05, 0) is 34.9 Å². The molecule has 0 saturated carbocycles. The zero-order valence-electron chi connectivity index (χ0n) is 17.5. The van der Waals surface area contributed by atoms with E-state index in [4.69, 9.17) is 27.9 Å². The van der Waals surface area contributed by atoms with Crippen LogP contribution in [0.1, 0.15) is 28.4 Å². The summed E-state index contributed by atoms with van der Waals surface area (Å²) >= 11 is 12.9. The summed E-state index contributed by atoms with van der Waals surface area (Å²) in [7, 11) is 1.44. The number of rotatable bonds is 4. The molecule has 1 aromatic heterocycles. The van der Waals surface area contributed by atoms with Gasteiger partial charge < -0.3 is 9.72 Å². The van der Waals surface area contributed by atoms with E-state index in [0.29, 0.717) is 23.0 Å². The van der Waals surface area contributed by atoms with E-state index in [-0.39, 0.29) is 12.0 Å². The van der Waals surface area contributed by atoms with Crippen LogP contribution in [0.25, 0.3) is 10.9 Å². The number of nitrogens with zero attached hydrogens (tertiary/aromatic N) is 1. The second-order valence-corrected chi connectivity index (χ2v) is 8.88. The number of hydrogen-bond acceptors (Lipinski definition) is 3. The smallest absolute Gasteiger partial charge is 0.323 e. The van der Waals surface area contributed by atoms with Crippen LogP contribution in [0.3, 0.4) is 0 Å². The predicted octanol–water partition coefficient (Wildman–Crippen LogP) is 6.16. The Morgan fingerprint density at radius 3 is 2.56 bits per heavy atom. The second kappa shape index (κ2) is 8.62. The number of esters is 1. The van der Waals surface area contributed by atoms with Gasteiger partial charge in [-0.15, -0.1) is 0 Å². The summed E-state index contributed by atoms with van der Waals surface area (Å²) < 4.78 is 5.25. The quantitative estimate of drug-likeness (QED) is 0.367. The Labute approximate surface area is 196 Å². The van der Waals surface area contributed by atoms with E-state index in [0.717, 1.165) is 33.3 Å². The summed E-state index contributed by atoms with van der Waals surface area (Å²) in [5.74, 6) is -0.257. The van der Waals surface area contributed by atoms with Crippen molar-refractivity contribution in [2.75, 3.05) is 7.11 Å². The summed E-state index contributed by atoms with van der Waals surface area (Å²) in [5, 5.41) is 2.26. The molecule has 4 nitrogen and oxygen atoms in total. The van der Waals surface area contributed by atoms with Gasteiger partial charge in [0.05, 0.1) is 13.2 Å². The highest BCUT2D eigenvalue weighted by atomic mass is 35.5. The number of fused-ring (bicyclic) bond motifs is 3. The van der Waals surface area contributed by atoms with Crippen molar-refractivity contribution in [1.82, 2.24) is 9.88 Å². The molecule has 0 radical (unpaired) electrons. The van der Waals surface area contributed by atoms with Gasteiger partial charge in [-0.25, -0.2) is 0 Å². The first-order valence-electron chi connectivity index (χ1n) is 10.5. The summed E-state index contributed by atoms with van der Waals surface area (Å²) in [4.78, 5) is 18.8. The molecule has 3 aromatic carbocycles. The molecule has 0 aliphatic carbocycles. The van der Waals surface area contributed by atoms with Crippen LogP contribution >= 0.6 is 23.2 Å². The van der Waals surface area contributed by atoms with Crippen molar-refractivity contribution >= 4 is 40.1 Å². The number of H-pyrrole nitrogens is 1. The Bertz CT molecular complexity index is 1290. The molecule has 5 rings (SSSR count). The van der Waals surface area contributed by atoms with Gasteiger partial charge in [0, 0.05) is 39.6 Å². The number of hydrogen-bond donors (Lipinski definition) is 1. The van der Waals surface area contributed by atoms with Crippen molar-refractivity contribution in [2.45, 2.75) is 25.0 Å². The molecule has 6 heteroatoms. The predicted molar refractivity (Wildman–Crippen MR) is 128 cm³/mol. The minimum atomic E-state index is -0.455. The van der Waals surface area contributed by atoms with Gasteiger partial charge in [0.15, 0.2) is 0 Å². The third-order valence-electron chi connectivity index (χ3n) is 6.19. The van der Waals surface area contributed by atoms with E-state index in [1.165, 1.54) is 7.11 Å². The number of aromatic nitrogens is 1. The van der Waals surface area contributed by atoms with E-state index in [1.807, 2.05) is 42.5 Å². The molecule has 0 bridgehead atoms. The molecular weight excluding hydrogens is 443 g/mol. The lowest BCUT2D eigenvalue weighted by Gasteiger charge is -2.41. The maximum absolute atomic E-state index is 13.0. The fraction of sp³-hybridized carbons (Fsp3) is 0.192. The Balaban J connectivity index is 1.74. The molecular formula is C26H22Cl2N2O2. The molecule has 32 heavy (non-hydrogen) atoms. The van der Waals surface area contributed by atoms with Crippen molar-refractivity contribution in [2.24, 2.45) is 0 Å². The van der Waals surface area contributed by atoms with Crippen LogP contribution < -0.4 is 0 Å². The molecule has 0 spiro atoms. The van der Waals surface area contributed by atoms with Gasteiger partial charge in [0.1, 0.15) is 6.04 Å². The Morgan fingerprint density at radius 2 is 1.81 bits per heavy atom. The number of methoxy groups -OCH3 is 1. The molecule has 1 aliphatic rings. The van der Waals surface area contributed by atoms with Gasteiger partial charge in [0.2, 0.25) is 0 Å². The summed E-state index contributed by atoms with van der Waals surface area (Å²) in [6.07, 6.45) is 0.556. The zero-order chi connectivity index (χ0) is 22.2. The number of para-hydroxylation sites is 1. The van der Waals surface area contributed by atoms with Gasteiger partial charge in [0.25, 0.3) is 0 Å². The fourth-order valence-corrected chi connectivity index (χ4v) is 5.25. The number of halogens is 2. The molecule has 2 atom stereocenters. The lowest BCUT2D eigenvalue weighted by molar-refractivity contribution is -0.148. The van der Waals surface area contributed by atoms with Gasteiger partial charge in [-0.2, -0.15) is 0 Å². The van der Waals surface area contributed by atoms with E-state index in [1.54, 1.807) is 6.07 Å². The normalized spacial score (nSPS) is 18.5. The number of aromatic amines is 1. The Kier molecular flexibility index (Phi) is 5.68. The van der Waals surface area contributed by atoms with Crippen molar-refractivity contribution in [3.8, 4) is 0 Å². The lowest BCUT2D eigenvalue weighted by Crippen LogP contribution is -2.48. The summed E-state index contributed by atoms with van der Waals surface area (Å²) in [5.41, 5.74) is 5.21. The van der Waals surface area contributed by atoms with Crippen molar-refractivity contribution in [1.29, 1.82) is 0 Å². The standard InChI is InChI=1S/C26H22Cl2N2O2/c1-32-26(31)23-14-20-18-9-5-6-10-22(18)29-24(20)25(19-12-11-17(27)13-21(19)28)30(23)15-16-7-3-2-4-8-16/h2-13,23,25,29H,14-15H2,1H3/t23-,25+/m0/s1. The second-order valence-electron chi connectivity index (χ2n) is 8.03. The summed E-state index contributed by atoms with van der Waals surface area (Å²) in [6.45, 7) is 0.568. The maximum Gasteiger partial charge on any atom is 0.323 e. The van der Waals surface area contributed by atoms with Crippen LogP contribution in [0.2, 0.25) is 10.0 Å². The minimum Gasteiger partial charge on any atom is -0.468 e. The molecule has 162 valence electrons. The largest absolute Gasteiger partial charge is 0.468 e. The molecule has 4 aromatic rings. The lowest BCUT2D eigenvalue weighted by atomic mass is 9.87. The highest BCUT2D eigenvalue weighted by Crippen LogP contribution is 2.44. The van der Waals surface area contributed by atoms with E-state index in [2.05, 4.69) is 34.1 Å². The number of carbonyl (C=O) groups is 1. The average Bonchev–Trinajstić information content (AvgIpc) is 3.18. The molecule has 0 unspecified atom stereocenters. The molecule has 0 saturated heterocycles. The Morgan fingerprint density at radius 1 is 1.06 bits per heavy atom. The third kappa shape index (κ3) is 3.69. The number of nitrogens with one attached hydrogen (secondary N) is 1. The molecule has 0 amide bonds. The van der Waals surface area contributed by atoms with Gasteiger partial charge in [-0.1, -0.05) is 77.8 Å². The monoisotopic (exact) mass is 464 g/mol. The highest BCUT2D eigenvalue weighted by Gasteiger charge is 2.42. The van der Waals surface area contributed by atoms with E-state index in [9.17, 15) is 4.79 Å². The van der Waals surface area contributed by atoms with Crippen LogP contribution in [0.4, 0.5) is 0 Å². The van der Waals surface area contributed by atoms with Crippen LogP contribution in [-0.4, -0.2) is 29.0 Å². The highest BCUT2D eigenvalue weighted by molar-refractivity contribution is 6.35. The molecule has 1 N–H and O–H groups in total. The van der Waals surface area contributed by atoms with Crippen molar-refractivity contribution in [3.63, 3.8) is 0 Å². The van der Waals surface area contributed by atoms with Crippen molar-refractivity contribution < 1.29 is 9.53 Å². The van der Waals surface area contributed by atoms with Gasteiger partial charge in [-0.3, -0.25) is 9.69 Å². The van der Waals surface area contributed by atoms with Crippen LogP contribution in [0.5, 0.6) is 0 Å². The van der Waals surface area contributed by atoms with E-state index >= 15 is 0 Å². The van der Waals surface area contributed by atoms with Gasteiger partial charge >= 0.3 is 5.97 Å². The van der Waals surface area contributed by atoms with Crippen LogP contribution in [0.15, 0.2) is 72.8 Å². The molecule has 1 aliphatic heterocycles. The van der Waals surface area contributed by atoms with Crippen LogP contribution in [0, 0.1) is 0 Å². The van der Waals surface area contributed by atoms with E-state index < -0.39 is 6.04 Å². The van der Waals surface area contributed by atoms with Crippen molar-refractivity contribution in [3.05, 3.63) is 105 Å². The fourth-order valence-electron chi connectivity index (χ4n) is 4.74. The van der Waals surface area contributed by atoms with Crippen LogP contribution in [-0.2, 0) is 22.5 Å². The first-order chi connectivity index (χ1) is 15.6. The third-order valence-corrected chi connectivity index (χ3v) is 6.75. The molecule has 0 fully saturated rings. The average molecular weight is 465 g/mol. The number of ether oxygens (including phenoxy) is 1.